The summed E-state index contributed by atoms with van der Waals surface area (Å²) in [5, 5.41) is 7.76. The highest BCUT2D eigenvalue weighted by Gasteiger charge is 2.17. The van der Waals surface area contributed by atoms with E-state index in [1.54, 1.807) is 0 Å². The van der Waals surface area contributed by atoms with E-state index in [4.69, 9.17) is 0 Å². The van der Waals surface area contributed by atoms with Crippen molar-refractivity contribution < 1.29 is 0 Å². The molecule has 0 aliphatic carbocycles. The van der Waals surface area contributed by atoms with Gasteiger partial charge >= 0.3 is 0 Å². The normalized spacial score (nSPS) is 11.7. The highest BCUT2D eigenvalue weighted by atomic mass is 32.1. The molecule has 0 aliphatic heterocycles. The number of nitrogens with zero attached hydrogens (tertiary/aromatic N) is 1. The summed E-state index contributed by atoms with van der Waals surface area (Å²) in [4.78, 5) is 2.41. The van der Waals surface area contributed by atoms with Gasteiger partial charge in [0.05, 0.1) is 0 Å². The van der Waals surface area contributed by atoms with Crippen molar-refractivity contribution in [3.05, 3.63) is 176 Å². The van der Waals surface area contributed by atoms with Crippen LogP contribution in [-0.2, 0) is 0 Å². The van der Waals surface area contributed by atoms with Crippen LogP contribution in [0.2, 0.25) is 0 Å². The van der Waals surface area contributed by atoms with Crippen molar-refractivity contribution in [3.8, 4) is 22.3 Å². The van der Waals surface area contributed by atoms with Crippen LogP contribution in [0.4, 0.5) is 17.1 Å². The molecule has 10 aromatic rings. The van der Waals surface area contributed by atoms with Gasteiger partial charge in [0.1, 0.15) is 0 Å². The fourth-order valence-electron chi connectivity index (χ4n) is 7.22. The summed E-state index contributed by atoms with van der Waals surface area (Å²) in [5.41, 5.74) is 8.24. The molecule has 0 spiro atoms. The first-order chi connectivity index (χ1) is 24.2. The minimum absolute atomic E-state index is 1.13. The maximum atomic E-state index is 2.41. The van der Waals surface area contributed by atoms with Gasteiger partial charge in [-0.15, -0.1) is 22.7 Å². The first kappa shape index (κ1) is 28.3. The van der Waals surface area contributed by atoms with Gasteiger partial charge in [-0.05, 0) is 99.8 Å². The second-order valence-corrected chi connectivity index (χ2v) is 14.8. The van der Waals surface area contributed by atoms with Crippen LogP contribution in [0, 0.1) is 0 Å². The van der Waals surface area contributed by atoms with E-state index in [9.17, 15) is 0 Å². The number of hydrogen-bond acceptors (Lipinski definition) is 3. The smallest absolute Gasteiger partial charge is 0.0468 e. The van der Waals surface area contributed by atoms with Gasteiger partial charge < -0.3 is 4.90 Å². The molecule has 0 aliphatic rings. The Bertz CT molecular complexity index is 2860. The molecular weight excluding hydrogens is 631 g/mol. The largest absolute Gasteiger partial charge is 0.310 e. The van der Waals surface area contributed by atoms with Crippen LogP contribution >= 0.6 is 22.7 Å². The summed E-state index contributed by atoms with van der Waals surface area (Å²) in [6, 6.07) is 64.6. The zero-order valence-corrected chi connectivity index (χ0v) is 28.1. The molecule has 2 aromatic heterocycles. The lowest BCUT2D eigenvalue weighted by molar-refractivity contribution is 1.29. The summed E-state index contributed by atoms with van der Waals surface area (Å²) in [7, 11) is 0. The van der Waals surface area contributed by atoms with Crippen molar-refractivity contribution in [1.29, 1.82) is 0 Å². The molecule has 0 unspecified atom stereocenters. The standard InChI is InChI=1S/C46H29NS2/c1-2-10-31-25-34(20-19-30(31)9-1)32-11-7-13-36(26-32)47(38-22-24-45-42(29-38)40-16-4-6-18-44(40)48-45)37-14-8-12-33(27-37)35-21-23-41-39-15-3-5-17-43(39)49-46(41)28-35/h1-29H. The van der Waals surface area contributed by atoms with Gasteiger partial charge in [-0.3, -0.25) is 0 Å². The van der Waals surface area contributed by atoms with E-state index in [0.29, 0.717) is 0 Å². The lowest BCUT2D eigenvalue weighted by Gasteiger charge is -2.27. The van der Waals surface area contributed by atoms with E-state index < -0.39 is 0 Å². The van der Waals surface area contributed by atoms with Gasteiger partial charge in [-0.25, -0.2) is 0 Å². The monoisotopic (exact) mass is 659 g/mol. The van der Waals surface area contributed by atoms with Crippen LogP contribution in [0.25, 0.3) is 73.4 Å². The van der Waals surface area contributed by atoms with E-state index in [-0.39, 0.29) is 0 Å². The zero-order chi connectivity index (χ0) is 32.3. The molecule has 10 rings (SSSR count). The van der Waals surface area contributed by atoms with E-state index in [0.717, 1.165) is 17.1 Å². The Hall–Kier alpha value is -5.74. The van der Waals surface area contributed by atoms with Crippen LogP contribution in [0.5, 0.6) is 0 Å². The molecule has 0 saturated heterocycles. The summed E-state index contributed by atoms with van der Waals surface area (Å²) in [5.74, 6) is 0. The number of thiophene rings is 2. The SMILES string of the molecule is c1cc(-c2ccc3ccccc3c2)cc(N(c2cccc(-c3ccc4c(c3)sc3ccccc34)c2)c2ccc3sc4ccccc4c3c2)c1. The van der Waals surface area contributed by atoms with Crippen molar-refractivity contribution in [2.75, 3.05) is 4.90 Å². The third-order valence-corrected chi connectivity index (χ3v) is 11.9. The molecule has 3 heteroatoms. The topological polar surface area (TPSA) is 3.24 Å². The highest BCUT2D eigenvalue weighted by Crippen LogP contribution is 2.43. The van der Waals surface area contributed by atoms with Crippen molar-refractivity contribution >= 4 is 90.9 Å². The number of fused-ring (bicyclic) bond motifs is 7. The van der Waals surface area contributed by atoms with Gasteiger partial charge in [0, 0.05) is 57.4 Å². The predicted octanol–water partition coefficient (Wildman–Crippen LogP) is 14.4. The minimum Gasteiger partial charge on any atom is -0.310 e. The Kier molecular flexibility index (Phi) is 6.61. The molecule has 230 valence electrons. The third kappa shape index (κ3) is 4.90. The van der Waals surface area contributed by atoms with Gasteiger partial charge in [0.15, 0.2) is 0 Å². The van der Waals surface area contributed by atoms with Crippen molar-refractivity contribution in [2.24, 2.45) is 0 Å². The molecule has 0 atom stereocenters. The quantitative estimate of drug-likeness (QED) is 0.178. The van der Waals surface area contributed by atoms with Crippen LogP contribution in [0.3, 0.4) is 0 Å². The number of benzene rings is 8. The molecule has 1 nitrogen and oxygen atoms in total. The van der Waals surface area contributed by atoms with E-state index in [2.05, 4.69) is 181 Å². The number of hydrogen-bond donors (Lipinski definition) is 0. The lowest BCUT2D eigenvalue weighted by atomic mass is 10.00. The van der Waals surface area contributed by atoms with Crippen LogP contribution in [0.1, 0.15) is 0 Å². The molecular formula is C46H29NS2. The number of rotatable bonds is 5. The molecule has 0 saturated carbocycles. The number of anilines is 3. The Morgan fingerprint density at radius 2 is 0.816 bits per heavy atom. The molecule has 49 heavy (non-hydrogen) atoms. The molecule has 0 amide bonds. The average Bonchev–Trinajstić information content (AvgIpc) is 3.73. The fourth-order valence-corrected chi connectivity index (χ4v) is 9.46. The molecule has 0 bridgehead atoms. The molecule has 0 N–H and O–H groups in total. The Morgan fingerprint density at radius 3 is 1.57 bits per heavy atom. The average molecular weight is 660 g/mol. The first-order valence-electron chi connectivity index (χ1n) is 16.6. The van der Waals surface area contributed by atoms with Crippen LogP contribution < -0.4 is 4.90 Å². The van der Waals surface area contributed by atoms with Gasteiger partial charge in [0.2, 0.25) is 0 Å². The second-order valence-electron chi connectivity index (χ2n) is 12.6. The molecule has 0 fully saturated rings. The van der Waals surface area contributed by atoms with Crippen LogP contribution in [0.15, 0.2) is 176 Å². The third-order valence-electron chi connectivity index (χ3n) is 9.62. The van der Waals surface area contributed by atoms with Gasteiger partial charge in [-0.1, -0.05) is 109 Å². The second kappa shape index (κ2) is 11.5. The predicted molar refractivity (Wildman–Crippen MR) is 215 cm³/mol. The highest BCUT2D eigenvalue weighted by molar-refractivity contribution is 7.26. The summed E-state index contributed by atoms with van der Waals surface area (Å²) >= 11 is 3.73. The summed E-state index contributed by atoms with van der Waals surface area (Å²) < 4.78 is 5.27. The zero-order valence-electron chi connectivity index (χ0n) is 26.5. The minimum atomic E-state index is 1.13. The Morgan fingerprint density at radius 1 is 0.286 bits per heavy atom. The summed E-state index contributed by atoms with van der Waals surface area (Å²) in [6.45, 7) is 0. The first-order valence-corrected chi connectivity index (χ1v) is 18.2. The van der Waals surface area contributed by atoms with Crippen LogP contribution in [-0.4, -0.2) is 0 Å². The van der Waals surface area contributed by atoms with Crippen molar-refractivity contribution in [3.63, 3.8) is 0 Å². The van der Waals surface area contributed by atoms with Gasteiger partial charge in [-0.2, -0.15) is 0 Å². The van der Waals surface area contributed by atoms with E-state index in [1.807, 2.05) is 22.7 Å². The molecule has 8 aromatic carbocycles. The van der Waals surface area contributed by atoms with Crippen molar-refractivity contribution in [2.45, 2.75) is 0 Å². The lowest BCUT2D eigenvalue weighted by Crippen LogP contribution is -2.10. The molecule has 0 radical (unpaired) electrons. The van der Waals surface area contributed by atoms with Crippen molar-refractivity contribution in [1.82, 2.24) is 0 Å². The Balaban J connectivity index is 1.14. The maximum absolute atomic E-state index is 2.41. The Labute approximate surface area is 292 Å². The summed E-state index contributed by atoms with van der Waals surface area (Å²) in [6.07, 6.45) is 0. The fraction of sp³-hybridized carbons (Fsp3) is 0. The van der Waals surface area contributed by atoms with Gasteiger partial charge in [0.25, 0.3) is 0 Å². The molecule has 2 heterocycles. The van der Waals surface area contributed by atoms with E-state index in [1.165, 1.54) is 73.4 Å². The van der Waals surface area contributed by atoms with E-state index >= 15 is 0 Å². The maximum Gasteiger partial charge on any atom is 0.0468 e.